The lowest BCUT2D eigenvalue weighted by molar-refractivity contribution is -0.143. The van der Waals surface area contributed by atoms with Crippen molar-refractivity contribution in [2.75, 3.05) is 25.6 Å². The summed E-state index contributed by atoms with van der Waals surface area (Å²) < 4.78 is 32.2. The van der Waals surface area contributed by atoms with Crippen LogP contribution < -0.4 is 14.3 Å². The SMILES string of the molecule is CCOC(=O)CCn1c(=NC(=O)CCSc2ccc(F)cc2)sc2cc3c(cc21)OCCO3. The first-order valence-electron chi connectivity index (χ1n) is 10.6. The van der Waals surface area contributed by atoms with E-state index >= 15 is 0 Å². The van der Waals surface area contributed by atoms with Crippen LogP contribution >= 0.6 is 23.1 Å². The molecule has 0 N–H and O–H groups in total. The highest BCUT2D eigenvalue weighted by molar-refractivity contribution is 7.99. The molecule has 2 aromatic carbocycles. The fourth-order valence-electron chi connectivity index (χ4n) is 3.29. The van der Waals surface area contributed by atoms with Crippen LogP contribution in [0.2, 0.25) is 0 Å². The first-order valence-corrected chi connectivity index (χ1v) is 12.4. The minimum absolute atomic E-state index is 0.163. The number of ether oxygens (including phenoxy) is 3. The number of amides is 1. The van der Waals surface area contributed by atoms with Gasteiger partial charge in [-0.15, -0.1) is 11.8 Å². The number of halogens is 1. The summed E-state index contributed by atoms with van der Waals surface area (Å²) in [6, 6.07) is 9.89. The summed E-state index contributed by atoms with van der Waals surface area (Å²) in [4.78, 5) is 30.3. The zero-order valence-electron chi connectivity index (χ0n) is 18.0. The zero-order valence-corrected chi connectivity index (χ0v) is 19.7. The van der Waals surface area contributed by atoms with Gasteiger partial charge in [-0.1, -0.05) is 11.3 Å². The van der Waals surface area contributed by atoms with Crippen LogP contribution in [0.4, 0.5) is 4.39 Å². The van der Waals surface area contributed by atoms with E-state index in [1.807, 2.05) is 16.7 Å². The molecule has 0 unspecified atom stereocenters. The Labute approximate surface area is 198 Å². The number of thiazole rings is 1. The van der Waals surface area contributed by atoms with Gasteiger partial charge in [0.1, 0.15) is 19.0 Å². The molecule has 2 heterocycles. The minimum atomic E-state index is -0.310. The molecule has 0 bridgehead atoms. The van der Waals surface area contributed by atoms with Crippen LogP contribution in [0.5, 0.6) is 11.5 Å². The Kier molecular flexibility index (Phi) is 7.66. The van der Waals surface area contributed by atoms with Crippen molar-refractivity contribution in [3.05, 3.63) is 47.0 Å². The predicted octanol–water partition coefficient (Wildman–Crippen LogP) is 4.18. The first-order chi connectivity index (χ1) is 16.0. The van der Waals surface area contributed by atoms with Crippen molar-refractivity contribution < 1.29 is 28.2 Å². The van der Waals surface area contributed by atoms with Crippen LogP contribution in [-0.4, -0.2) is 42.0 Å². The van der Waals surface area contributed by atoms with Gasteiger partial charge in [0.25, 0.3) is 0 Å². The lowest BCUT2D eigenvalue weighted by atomic mass is 10.2. The number of benzene rings is 2. The quantitative estimate of drug-likeness (QED) is 0.348. The molecule has 1 aliphatic heterocycles. The molecular formula is C23H23FN2O5S2. The van der Waals surface area contributed by atoms with E-state index in [0.717, 1.165) is 15.1 Å². The molecule has 0 saturated carbocycles. The van der Waals surface area contributed by atoms with Crippen LogP contribution in [0.1, 0.15) is 19.8 Å². The topological polar surface area (TPSA) is 79.1 Å². The number of hydrogen-bond donors (Lipinski definition) is 0. The van der Waals surface area contributed by atoms with Crippen LogP contribution in [0.3, 0.4) is 0 Å². The largest absolute Gasteiger partial charge is 0.486 e. The number of carbonyl (C=O) groups is 2. The van der Waals surface area contributed by atoms with E-state index in [1.54, 1.807) is 19.1 Å². The average Bonchev–Trinajstić information content (AvgIpc) is 3.13. The number of hydrogen-bond acceptors (Lipinski definition) is 7. The molecule has 0 radical (unpaired) electrons. The number of esters is 1. The van der Waals surface area contributed by atoms with Gasteiger partial charge in [-0.2, -0.15) is 4.99 Å². The van der Waals surface area contributed by atoms with E-state index in [9.17, 15) is 14.0 Å². The second kappa shape index (κ2) is 10.8. The fourth-order valence-corrected chi connectivity index (χ4v) is 5.22. The number of aromatic nitrogens is 1. The monoisotopic (exact) mass is 490 g/mol. The van der Waals surface area contributed by atoms with Crippen molar-refractivity contribution >= 4 is 45.2 Å². The summed E-state index contributed by atoms with van der Waals surface area (Å²) in [6.45, 7) is 3.35. The Bertz CT molecular complexity index is 1220. The predicted molar refractivity (Wildman–Crippen MR) is 124 cm³/mol. The van der Waals surface area contributed by atoms with Crippen LogP contribution in [0.15, 0.2) is 46.3 Å². The Hall–Kier alpha value is -2.85. The Balaban J connectivity index is 1.56. The highest BCUT2D eigenvalue weighted by Crippen LogP contribution is 2.35. The van der Waals surface area contributed by atoms with Crippen LogP contribution in [0.25, 0.3) is 10.2 Å². The third-order valence-corrected chi connectivity index (χ3v) is 6.87. The summed E-state index contributed by atoms with van der Waals surface area (Å²) in [6.07, 6.45) is 0.396. The first kappa shape index (κ1) is 23.3. The molecule has 4 rings (SSSR count). The van der Waals surface area contributed by atoms with E-state index in [-0.39, 0.29) is 30.5 Å². The molecule has 3 aromatic rings. The fraction of sp³-hybridized carbons (Fsp3) is 0.348. The molecule has 33 heavy (non-hydrogen) atoms. The molecule has 1 aliphatic rings. The normalized spacial score (nSPS) is 13.3. The molecule has 1 amide bonds. The van der Waals surface area contributed by atoms with Gasteiger partial charge >= 0.3 is 5.97 Å². The second-order valence-corrected chi connectivity index (χ2v) is 9.29. The van der Waals surface area contributed by atoms with Gasteiger partial charge in [0, 0.05) is 35.7 Å². The zero-order chi connectivity index (χ0) is 23.2. The third kappa shape index (κ3) is 5.94. The number of nitrogens with zero attached hydrogens (tertiary/aromatic N) is 2. The van der Waals surface area contributed by atoms with Gasteiger partial charge in [-0.3, -0.25) is 9.59 Å². The summed E-state index contributed by atoms with van der Waals surface area (Å²) >= 11 is 2.83. The van der Waals surface area contributed by atoms with E-state index in [2.05, 4.69) is 4.99 Å². The molecule has 1 aromatic heterocycles. The number of thioether (sulfide) groups is 1. The highest BCUT2D eigenvalue weighted by Gasteiger charge is 2.17. The van der Waals surface area contributed by atoms with Gasteiger partial charge in [-0.05, 0) is 31.2 Å². The number of carbonyl (C=O) groups excluding carboxylic acids is 2. The van der Waals surface area contributed by atoms with E-state index < -0.39 is 0 Å². The van der Waals surface area contributed by atoms with Crippen molar-refractivity contribution in [2.45, 2.75) is 31.2 Å². The van der Waals surface area contributed by atoms with E-state index in [4.69, 9.17) is 14.2 Å². The van der Waals surface area contributed by atoms with Crippen molar-refractivity contribution in [1.82, 2.24) is 4.57 Å². The summed E-state index contributed by atoms with van der Waals surface area (Å²) in [5, 5.41) is 0. The number of rotatable bonds is 8. The van der Waals surface area contributed by atoms with E-state index in [0.29, 0.717) is 48.4 Å². The molecule has 0 fully saturated rings. The van der Waals surface area contributed by atoms with Gasteiger partial charge in [0.15, 0.2) is 16.3 Å². The van der Waals surface area contributed by atoms with Gasteiger partial charge in [-0.25, -0.2) is 4.39 Å². The molecule has 0 spiro atoms. The van der Waals surface area contributed by atoms with Crippen LogP contribution in [-0.2, 0) is 20.9 Å². The summed E-state index contributed by atoms with van der Waals surface area (Å²) in [5.74, 6) is 0.942. The molecule has 0 saturated heterocycles. The Morgan fingerprint density at radius 1 is 1.15 bits per heavy atom. The molecule has 7 nitrogen and oxygen atoms in total. The number of fused-ring (bicyclic) bond motifs is 2. The van der Waals surface area contributed by atoms with Gasteiger partial charge in [0.05, 0.1) is 23.2 Å². The maximum Gasteiger partial charge on any atom is 0.307 e. The minimum Gasteiger partial charge on any atom is -0.486 e. The lowest BCUT2D eigenvalue weighted by Gasteiger charge is -2.18. The molecule has 10 heteroatoms. The van der Waals surface area contributed by atoms with Gasteiger partial charge in [0.2, 0.25) is 5.91 Å². The standard InChI is InChI=1S/C23H23FN2O5S2/c1-2-29-22(28)7-9-26-17-13-18-19(31-11-10-30-18)14-20(17)33-23(26)25-21(27)8-12-32-16-5-3-15(24)4-6-16/h3-6,13-14H,2,7-12H2,1H3. The molecule has 0 aliphatic carbocycles. The lowest BCUT2D eigenvalue weighted by Crippen LogP contribution is -2.20. The second-order valence-electron chi connectivity index (χ2n) is 7.11. The maximum absolute atomic E-state index is 13.0. The Morgan fingerprint density at radius 2 is 1.88 bits per heavy atom. The Morgan fingerprint density at radius 3 is 2.61 bits per heavy atom. The van der Waals surface area contributed by atoms with E-state index in [1.165, 1.54) is 35.2 Å². The van der Waals surface area contributed by atoms with Crippen molar-refractivity contribution in [3.63, 3.8) is 0 Å². The number of aryl methyl sites for hydroxylation is 1. The third-order valence-electron chi connectivity index (χ3n) is 4.81. The van der Waals surface area contributed by atoms with Crippen LogP contribution in [0, 0.1) is 5.82 Å². The average molecular weight is 491 g/mol. The smallest absolute Gasteiger partial charge is 0.307 e. The van der Waals surface area contributed by atoms with Crippen molar-refractivity contribution in [3.8, 4) is 11.5 Å². The van der Waals surface area contributed by atoms with Gasteiger partial charge < -0.3 is 18.8 Å². The summed E-state index contributed by atoms with van der Waals surface area (Å²) in [7, 11) is 0. The maximum atomic E-state index is 13.0. The summed E-state index contributed by atoms with van der Waals surface area (Å²) in [5.41, 5.74) is 0.820. The van der Waals surface area contributed by atoms with Crippen molar-refractivity contribution in [2.24, 2.45) is 4.99 Å². The molecule has 174 valence electrons. The van der Waals surface area contributed by atoms with Crippen molar-refractivity contribution in [1.29, 1.82) is 0 Å². The molecule has 0 atom stereocenters. The molecular weight excluding hydrogens is 467 g/mol. The highest BCUT2D eigenvalue weighted by atomic mass is 32.2.